The van der Waals surface area contributed by atoms with E-state index in [1.165, 1.54) is 0 Å². The molecule has 38 heavy (non-hydrogen) atoms. The summed E-state index contributed by atoms with van der Waals surface area (Å²) in [4.78, 5) is 24.6. The number of aliphatic hydroxyl groups excluding tert-OH is 1. The van der Waals surface area contributed by atoms with E-state index in [1.807, 2.05) is 30.3 Å². The molecule has 3 fully saturated rings. The number of ether oxygens (including phenoxy) is 1. The normalized spacial score (nSPS) is 30.0. The summed E-state index contributed by atoms with van der Waals surface area (Å²) in [6, 6.07) is 12.0. The number of likely N-dealkylation sites (tertiary alicyclic amines) is 1. The van der Waals surface area contributed by atoms with Crippen LogP contribution in [0.3, 0.4) is 0 Å². The highest BCUT2D eigenvalue weighted by Gasteiger charge is 2.55. The quantitative estimate of drug-likeness (QED) is 0.463. The van der Waals surface area contributed by atoms with E-state index in [0.29, 0.717) is 30.9 Å². The van der Waals surface area contributed by atoms with Crippen LogP contribution < -0.4 is 5.32 Å². The largest absolute Gasteiger partial charge is 0.389 e. The van der Waals surface area contributed by atoms with Gasteiger partial charge in [-0.1, -0.05) is 31.0 Å². The van der Waals surface area contributed by atoms with Crippen LogP contribution in [0.2, 0.25) is 5.02 Å². The van der Waals surface area contributed by atoms with Crippen molar-refractivity contribution < 1.29 is 14.6 Å². The van der Waals surface area contributed by atoms with Gasteiger partial charge < -0.3 is 15.2 Å². The van der Waals surface area contributed by atoms with Gasteiger partial charge >= 0.3 is 0 Å². The van der Waals surface area contributed by atoms with E-state index < -0.39 is 6.10 Å². The molecule has 0 bridgehead atoms. The van der Waals surface area contributed by atoms with Gasteiger partial charge in [0.25, 0.3) is 0 Å². The molecule has 3 aromatic rings. The summed E-state index contributed by atoms with van der Waals surface area (Å²) in [5.41, 5.74) is 1.81. The number of nitrogens with one attached hydrogen (secondary N) is 1. The number of carbonyl (C=O) groups excluding carboxylic acids is 1. The number of benzene rings is 1. The zero-order chi connectivity index (χ0) is 26.4. The minimum Gasteiger partial charge on any atom is -0.389 e. The van der Waals surface area contributed by atoms with E-state index in [-0.39, 0.29) is 23.3 Å². The number of pyridine rings is 2. The van der Waals surface area contributed by atoms with Gasteiger partial charge in [0.05, 0.1) is 30.8 Å². The van der Waals surface area contributed by atoms with Gasteiger partial charge in [-0.15, -0.1) is 0 Å². The summed E-state index contributed by atoms with van der Waals surface area (Å²) in [6.45, 7) is 6.99. The molecule has 0 spiro atoms. The van der Waals surface area contributed by atoms with Crippen molar-refractivity contribution >= 4 is 34.1 Å². The van der Waals surface area contributed by atoms with Gasteiger partial charge in [0, 0.05) is 34.4 Å². The first kappa shape index (κ1) is 25.7. The van der Waals surface area contributed by atoms with E-state index in [2.05, 4.69) is 40.1 Å². The van der Waals surface area contributed by atoms with Crippen LogP contribution in [-0.4, -0.2) is 63.8 Å². The Morgan fingerprint density at radius 1 is 1.21 bits per heavy atom. The maximum atomic E-state index is 13.2. The fraction of sp³-hybridized carbons (Fsp3) is 0.500. The molecular weight excluding hydrogens is 500 g/mol. The van der Waals surface area contributed by atoms with Crippen LogP contribution in [-0.2, 0) is 9.53 Å². The van der Waals surface area contributed by atoms with Gasteiger partial charge in [0.1, 0.15) is 5.82 Å². The Kier molecular flexibility index (Phi) is 6.89. The zero-order valence-corrected chi connectivity index (χ0v) is 22.7. The Labute approximate surface area is 228 Å². The molecule has 8 heteroatoms. The molecule has 2 aromatic heterocycles. The Bertz CT molecular complexity index is 1330. The number of hydrogen-bond donors (Lipinski definition) is 2. The van der Waals surface area contributed by atoms with Crippen LogP contribution in [0, 0.1) is 11.8 Å². The van der Waals surface area contributed by atoms with Gasteiger partial charge in [-0.25, -0.2) is 4.98 Å². The number of anilines is 1. The number of piperidine rings is 1. The molecule has 3 aliphatic rings. The number of hydrogen-bond acceptors (Lipinski definition) is 6. The Balaban J connectivity index is 1.16. The summed E-state index contributed by atoms with van der Waals surface area (Å²) in [7, 11) is 0. The highest BCUT2D eigenvalue weighted by Crippen LogP contribution is 2.55. The lowest BCUT2D eigenvalue weighted by Gasteiger charge is -2.43. The van der Waals surface area contributed by atoms with E-state index in [4.69, 9.17) is 16.3 Å². The second kappa shape index (κ2) is 10.2. The maximum absolute atomic E-state index is 13.2. The predicted molar refractivity (Wildman–Crippen MR) is 148 cm³/mol. The van der Waals surface area contributed by atoms with Crippen molar-refractivity contribution in [3.05, 3.63) is 65.1 Å². The van der Waals surface area contributed by atoms with E-state index in [1.54, 1.807) is 12.4 Å². The van der Waals surface area contributed by atoms with Gasteiger partial charge in [-0.05, 0) is 86.0 Å². The second-order valence-electron chi connectivity index (χ2n) is 11.3. The molecule has 0 radical (unpaired) electrons. The number of rotatable bonds is 6. The number of nitrogens with zero attached hydrogens (tertiary/aromatic N) is 3. The van der Waals surface area contributed by atoms with E-state index in [9.17, 15) is 9.90 Å². The number of amides is 1. The first-order chi connectivity index (χ1) is 18.4. The third kappa shape index (κ3) is 4.60. The number of fused-ring (bicyclic) bond motifs is 1. The highest BCUT2D eigenvalue weighted by molar-refractivity contribution is 6.32. The molecular formula is C30H35ClN4O3. The second-order valence-corrected chi connectivity index (χ2v) is 11.7. The van der Waals surface area contributed by atoms with Gasteiger partial charge in [-0.3, -0.25) is 14.7 Å². The zero-order valence-electron chi connectivity index (χ0n) is 21.9. The smallest absolute Gasteiger partial charge is 0.229 e. The predicted octanol–water partition coefficient (Wildman–Crippen LogP) is 4.99. The minimum absolute atomic E-state index is 0.00693. The SMILES string of the molecule is CC[C@H]1[C@H](C(=O)Nc2cc3cc(C4CCN([C@]5(C)COC[C@@H]5O)CC4)c(Cl)cc3cn2)[C@@H]1c1ccccn1. The molecule has 1 saturated carbocycles. The van der Waals surface area contributed by atoms with E-state index >= 15 is 0 Å². The lowest BCUT2D eigenvalue weighted by atomic mass is 9.85. The van der Waals surface area contributed by atoms with Crippen molar-refractivity contribution in [2.45, 2.75) is 56.6 Å². The number of halogens is 1. The molecule has 7 nitrogen and oxygen atoms in total. The van der Waals surface area contributed by atoms with Crippen LogP contribution in [0.25, 0.3) is 10.8 Å². The Morgan fingerprint density at radius 3 is 2.71 bits per heavy atom. The van der Waals surface area contributed by atoms with Crippen LogP contribution in [0.1, 0.15) is 56.2 Å². The van der Waals surface area contributed by atoms with Crippen molar-refractivity contribution in [2.75, 3.05) is 31.6 Å². The maximum Gasteiger partial charge on any atom is 0.229 e. The standard InChI is InChI=1S/C30H35ClN4O3/c1-3-21-27(24-6-4-5-9-32-24)28(21)29(37)34-26-14-19-12-22(23(31)13-20(19)15-33-26)18-7-10-35(11-8-18)30(2)17-38-16-25(30)36/h4-6,9,12-15,18,21,25,27-28,36H,3,7-8,10-11,16-17H2,1-2H3,(H,33,34,37)/t21-,25+,27+,28+,30-/m1/s1. The number of aliphatic hydroxyl groups is 1. The molecule has 5 atom stereocenters. The van der Waals surface area contributed by atoms with Crippen molar-refractivity contribution in [2.24, 2.45) is 11.8 Å². The average molecular weight is 535 g/mol. The van der Waals surface area contributed by atoms with Crippen LogP contribution >= 0.6 is 11.6 Å². The number of aromatic nitrogens is 2. The minimum atomic E-state index is -0.452. The summed E-state index contributed by atoms with van der Waals surface area (Å²) < 4.78 is 5.55. The summed E-state index contributed by atoms with van der Waals surface area (Å²) in [5, 5.41) is 16.2. The summed E-state index contributed by atoms with van der Waals surface area (Å²) in [5.74, 6) is 1.30. The lowest BCUT2D eigenvalue weighted by Crippen LogP contribution is -2.56. The number of carbonyl (C=O) groups is 1. The molecule has 0 unspecified atom stereocenters. The van der Waals surface area contributed by atoms with Crippen molar-refractivity contribution in [3.63, 3.8) is 0 Å². The van der Waals surface area contributed by atoms with Crippen LogP contribution in [0.15, 0.2) is 48.8 Å². The van der Waals surface area contributed by atoms with Gasteiger partial charge in [-0.2, -0.15) is 0 Å². The molecule has 6 rings (SSSR count). The van der Waals surface area contributed by atoms with Gasteiger partial charge in [0.15, 0.2) is 0 Å². The molecule has 2 saturated heterocycles. The first-order valence-electron chi connectivity index (χ1n) is 13.7. The molecule has 2 N–H and O–H groups in total. The molecule has 1 aromatic carbocycles. The van der Waals surface area contributed by atoms with Crippen LogP contribution in [0.4, 0.5) is 5.82 Å². The van der Waals surface area contributed by atoms with Crippen LogP contribution in [0.5, 0.6) is 0 Å². The summed E-state index contributed by atoms with van der Waals surface area (Å²) in [6.07, 6.45) is 6.00. The highest BCUT2D eigenvalue weighted by atomic mass is 35.5. The van der Waals surface area contributed by atoms with Crippen molar-refractivity contribution in [1.82, 2.24) is 14.9 Å². The van der Waals surface area contributed by atoms with E-state index in [0.717, 1.165) is 59.4 Å². The third-order valence-corrected chi connectivity index (χ3v) is 9.43. The lowest BCUT2D eigenvalue weighted by molar-refractivity contribution is -0.117. The van der Waals surface area contributed by atoms with Crippen molar-refractivity contribution in [1.29, 1.82) is 0 Å². The molecule has 4 heterocycles. The fourth-order valence-electron chi connectivity index (χ4n) is 6.65. The van der Waals surface area contributed by atoms with Crippen molar-refractivity contribution in [3.8, 4) is 0 Å². The van der Waals surface area contributed by atoms with Gasteiger partial charge in [0.2, 0.25) is 5.91 Å². The third-order valence-electron chi connectivity index (χ3n) is 9.11. The Morgan fingerprint density at radius 2 is 2.03 bits per heavy atom. The topological polar surface area (TPSA) is 87.6 Å². The fourth-order valence-corrected chi connectivity index (χ4v) is 6.97. The first-order valence-corrected chi connectivity index (χ1v) is 14.1. The molecule has 1 amide bonds. The molecule has 200 valence electrons. The average Bonchev–Trinajstić information content (AvgIpc) is 3.58. The molecule has 2 aliphatic heterocycles. The summed E-state index contributed by atoms with van der Waals surface area (Å²) >= 11 is 6.75. The molecule has 1 aliphatic carbocycles. The monoisotopic (exact) mass is 534 g/mol. The Hall–Kier alpha value is -2.58.